The van der Waals surface area contributed by atoms with E-state index >= 15 is 0 Å². The van der Waals surface area contributed by atoms with Crippen molar-refractivity contribution in [2.75, 3.05) is 13.1 Å². The van der Waals surface area contributed by atoms with E-state index in [1.165, 1.54) is 43.3 Å². The van der Waals surface area contributed by atoms with Gasteiger partial charge in [-0.1, -0.05) is 18.2 Å². The zero-order valence-corrected chi connectivity index (χ0v) is 10.1. The number of nitrogens with zero attached hydrogens (tertiary/aromatic N) is 1. The molecule has 2 heteroatoms. The van der Waals surface area contributed by atoms with Crippen molar-refractivity contribution < 1.29 is 0 Å². The summed E-state index contributed by atoms with van der Waals surface area (Å²) < 4.78 is 2.59. The van der Waals surface area contributed by atoms with Crippen molar-refractivity contribution in [3.05, 3.63) is 35.5 Å². The molecule has 3 heterocycles. The summed E-state index contributed by atoms with van der Waals surface area (Å²) in [7, 11) is 0. The number of aromatic nitrogens is 1. The summed E-state index contributed by atoms with van der Waals surface area (Å²) in [6.07, 6.45) is 3.85. The fourth-order valence-electron chi connectivity index (χ4n) is 3.54. The summed E-state index contributed by atoms with van der Waals surface area (Å²) in [5.74, 6) is 0.730. The molecule has 0 saturated carbocycles. The number of nitrogens with one attached hydrogen (secondary N) is 1. The zero-order chi connectivity index (χ0) is 11.2. The fourth-order valence-corrected chi connectivity index (χ4v) is 3.54. The summed E-state index contributed by atoms with van der Waals surface area (Å²) in [5.41, 5.74) is 4.63. The second-order valence-electron chi connectivity index (χ2n) is 5.37. The molecule has 2 aromatic rings. The maximum absolute atomic E-state index is 3.49. The van der Waals surface area contributed by atoms with Crippen molar-refractivity contribution in [1.29, 1.82) is 0 Å². The number of hydrogen-bond donors (Lipinski definition) is 1. The van der Waals surface area contributed by atoms with Crippen LogP contribution in [0.25, 0.3) is 10.9 Å². The van der Waals surface area contributed by atoms with Crippen LogP contribution in [0.2, 0.25) is 0 Å². The Morgan fingerprint density at radius 1 is 1.29 bits per heavy atom. The second kappa shape index (κ2) is 3.61. The minimum atomic E-state index is 0.730. The third-order valence-corrected chi connectivity index (χ3v) is 4.34. The van der Waals surface area contributed by atoms with Gasteiger partial charge in [0.05, 0.1) is 5.52 Å². The number of benzene rings is 1. The molecule has 2 nitrogen and oxygen atoms in total. The van der Waals surface area contributed by atoms with E-state index < -0.39 is 0 Å². The van der Waals surface area contributed by atoms with E-state index in [1.54, 1.807) is 11.3 Å². The van der Waals surface area contributed by atoms with Crippen LogP contribution in [0.5, 0.6) is 0 Å². The monoisotopic (exact) mass is 226 g/mol. The Morgan fingerprint density at radius 3 is 3.18 bits per heavy atom. The van der Waals surface area contributed by atoms with Crippen LogP contribution in [0.1, 0.15) is 30.0 Å². The predicted octanol–water partition coefficient (Wildman–Crippen LogP) is 2.66. The van der Waals surface area contributed by atoms with Crippen LogP contribution in [0.3, 0.4) is 0 Å². The molecule has 1 fully saturated rings. The highest BCUT2D eigenvalue weighted by molar-refractivity contribution is 5.85. The zero-order valence-electron chi connectivity index (χ0n) is 10.1. The molecule has 1 atom stereocenters. The normalized spacial score (nSPS) is 23.4. The molecule has 2 aliphatic heterocycles. The Morgan fingerprint density at radius 2 is 2.29 bits per heavy atom. The van der Waals surface area contributed by atoms with Gasteiger partial charge in [-0.15, -0.1) is 0 Å². The van der Waals surface area contributed by atoms with Gasteiger partial charge in [-0.2, -0.15) is 0 Å². The van der Waals surface area contributed by atoms with Crippen molar-refractivity contribution in [2.24, 2.45) is 0 Å². The van der Waals surface area contributed by atoms with Crippen molar-refractivity contribution >= 4 is 10.9 Å². The van der Waals surface area contributed by atoms with E-state index in [-0.39, 0.29) is 0 Å². The molecule has 0 radical (unpaired) electrons. The highest BCUT2D eigenvalue weighted by atomic mass is 15.0. The van der Waals surface area contributed by atoms with E-state index in [4.69, 9.17) is 0 Å². The van der Waals surface area contributed by atoms with E-state index in [2.05, 4.69) is 34.1 Å². The first-order valence-electron chi connectivity index (χ1n) is 6.75. The maximum atomic E-state index is 3.49. The van der Waals surface area contributed by atoms with Crippen LogP contribution in [-0.4, -0.2) is 17.7 Å². The van der Waals surface area contributed by atoms with E-state index in [0.717, 1.165) is 12.5 Å². The van der Waals surface area contributed by atoms with E-state index in [0.29, 0.717) is 0 Å². The van der Waals surface area contributed by atoms with Gasteiger partial charge in [0, 0.05) is 30.1 Å². The average Bonchev–Trinajstić information content (AvgIpc) is 2.98. The lowest BCUT2D eigenvalue weighted by Crippen LogP contribution is -2.14. The fraction of sp³-hybridized carbons (Fsp3) is 0.467. The van der Waals surface area contributed by atoms with Crippen LogP contribution in [0.4, 0.5) is 0 Å². The molecular formula is C15H18N2. The van der Waals surface area contributed by atoms with Gasteiger partial charge in [0.25, 0.3) is 0 Å². The molecule has 17 heavy (non-hydrogen) atoms. The molecule has 0 bridgehead atoms. The molecule has 1 aromatic heterocycles. The van der Waals surface area contributed by atoms with Crippen LogP contribution in [0.15, 0.2) is 24.3 Å². The lowest BCUT2D eigenvalue weighted by Gasteiger charge is -2.20. The van der Waals surface area contributed by atoms with E-state index in [1.807, 2.05) is 0 Å². The van der Waals surface area contributed by atoms with Gasteiger partial charge in [0.1, 0.15) is 0 Å². The SMILES string of the molecule is c1cc2c3c(c1)cc(C1CCNC1)n3CCC2. The molecule has 88 valence electrons. The van der Waals surface area contributed by atoms with Crippen molar-refractivity contribution in [3.63, 3.8) is 0 Å². The third-order valence-electron chi connectivity index (χ3n) is 4.34. The highest BCUT2D eigenvalue weighted by Gasteiger charge is 2.23. The largest absolute Gasteiger partial charge is 0.344 e. The summed E-state index contributed by atoms with van der Waals surface area (Å²) in [5, 5.41) is 4.93. The average molecular weight is 226 g/mol. The molecular weight excluding hydrogens is 208 g/mol. The van der Waals surface area contributed by atoms with Crippen LogP contribution in [-0.2, 0) is 13.0 Å². The maximum Gasteiger partial charge on any atom is 0.0515 e. The van der Waals surface area contributed by atoms with Crippen LogP contribution >= 0.6 is 0 Å². The number of rotatable bonds is 1. The lowest BCUT2D eigenvalue weighted by molar-refractivity contribution is 0.582. The summed E-state index contributed by atoms with van der Waals surface area (Å²) in [6.45, 7) is 3.55. The van der Waals surface area contributed by atoms with Crippen molar-refractivity contribution in [1.82, 2.24) is 9.88 Å². The first-order valence-corrected chi connectivity index (χ1v) is 6.75. The van der Waals surface area contributed by atoms with Crippen molar-refractivity contribution in [3.8, 4) is 0 Å². The molecule has 0 aliphatic carbocycles. The van der Waals surface area contributed by atoms with Gasteiger partial charge in [0.15, 0.2) is 0 Å². The number of aryl methyl sites for hydroxylation is 2. The molecule has 0 spiro atoms. The van der Waals surface area contributed by atoms with Crippen LogP contribution in [0, 0.1) is 0 Å². The molecule has 1 unspecified atom stereocenters. The Labute approximate surface area is 102 Å². The molecule has 2 aliphatic rings. The molecule has 1 aromatic carbocycles. The Bertz CT molecular complexity index is 562. The minimum absolute atomic E-state index is 0.730. The molecule has 4 rings (SSSR count). The van der Waals surface area contributed by atoms with Gasteiger partial charge in [-0.05, 0) is 37.4 Å². The summed E-state index contributed by atoms with van der Waals surface area (Å²) in [6, 6.07) is 9.22. The summed E-state index contributed by atoms with van der Waals surface area (Å²) >= 11 is 0. The van der Waals surface area contributed by atoms with Crippen molar-refractivity contribution in [2.45, 2.75) is 31.7 Å². The van der Waals surface area contributed by atoms with Gasteiger partial charge in [-0.3, -0.25) is 0 Å². The first kappa shape index (κ1) is 9.72. The smallest absolute Gasteiger partial charge is 0.0515 e. The highest BCUT2D eigenvalue weighted by Crippen LogP contribution is 2.33. The third kappa shape index (κ3) is 1.37. The topological polar surface area (TPSA) is 17.0 Å². The van der Waals surface area contributed by atoms with Gasteiger partial charge >= 0.3 is 0 Å². The lowest BCUT2D eigenvalue weighted by atomic mass is 10.0. The molecule has 1 N–H and O–H groups in total. The second-order valence-corrected chi connectivity index (χ2v) is 5.37. The van der Waals surface area contributed by atoms with Gasteiger partial charge < -0.3 is 9.88 Å². The molecule has 1 saturated heterocycles. The predicted molar refractivity (Wildman–Crippen MR) is 70.5 cm³/mol. The number of hydrogen-bond acceptors (Lipinski definition) is 1. The van der Waals surface area contributed by atoms with Gasteiger partial charge in [-0.25, -0.2) is 0 Å². The standard InChI is InChI=1S/C15H18N2/c1-3-11-5-2-8-17-14(13-6-7-16-10-13)9-12(4-1)15(11)17/h1,3-4,9,13,16H,2,5-8,10H2. The Kier molecular flexibility index (Phi) is 2.06. The molecule has 0 amide bonds. The Hall–Kier alpha value is -1.28. The van der Waals surface area contributed by atoms with E-state index in [9.17, 15) is 0 Å². The number of para-hydroxylation sites is 1. The Balaban J connectivity index is 1.96. The van der Waals surface area contributed by atoms with Gasteiger partial charge in [0.2, 0.25) is 0 Å². The summed E-state index contributed by atoms with van der Waals surface area (Å²) in [4.78, 5) is 0. The minimum Gasteiger partial charge on any atom is -0.344 e. The first-order chi connectivity index (χ1) is 8.43. The quantitative estimate of drug-likeness (QED) is 0.791. The van der Waals surface area contributed by atoms with Crippen LogP contribution < -0.4 is 5.32 Å².